The molecule has 4 amide bonds. The number of anilines is 1. The van der Waals surface area contributed by atoms with Gasteiger partial charge in [0, 0.05) is 36.5 Å². The molecule has 0 saturated carbocycles. The van der Waals surface area contributed by atoms with E-state index >= 15 is 0 Å². The van der Waals surface area contributed by atoms with Crippen LogP contribution in [0.15, 0.2) is 40.7 Å². The number of thioether (sulfide) groups is 1. The van der Waals surface area contributed by atoms with E-state index in [0.717, 1.165) is 0 Å². The summed E-state index contributed by atoms with van der Waals surface area (Å²) in [6.07, 6.45) is 0.489. The minimum absolute atomic E-state index is 0. The van der Waals surface area contributed by atoms with E-state index in [1.807, 2.05) is 0 Å². The van der Waals surface area contributed by atoms with Crippen molar-refractivity contribution in [2.75, 3.05) is 17.6 Å². The van der Waals surface area contributed by atoms with Crippen LogP contribution in [0.2, 0.25) is 0 Å². The number of amides is 4. The van der Waals surface area contributed by atoms with Gasteiger partial charge in [-0.1, -0.05) is 11.8 Å². The zero-order chi connectivity index (χ0) is 24.1. The number of tetrazole rings is 1. The number of hydrogen-bond donors (Lipinski definition) is 2. The topological polar surface area (TPSA) is 179 Å². The molecule has 0 bridgehead atoms. The Hall–Kier alpha value is -2.94. The van der Waals surface area contributed by atoms with Crippen LogP contribution in [0.25, 0.3) is 0 Å². The Morgan fingerprint density at radius 2 is 1.97 bits per heavy atom. The van der Waals surface area contributed by atoms with E-state index in [9.17, 15) is 24.3 Å². The molecule has 2 fully saturated rings. The van der Waals surface area contributed by atoms with Crippen LogP contribution in [0.4, 0.5) is 10.5 Å². The maximum absolute atomic E-state index is 13.0. The zero-order valence-electron chi connectivity index (χ0n) is 18.9. The SMILES string of the molecule is Cn1nnnc1SCC1=C(C(=O)[O-])N2C(=O)[C@@H]3[C@H]2C1CCN3C(=O)Nc1ccc(C(N)=O)cc1.[Na+]. The summed E-state index contributed by atoms with van der Waals surface area (Å²) in [5.74, 6) is -2.37. The monoisotopic (exact) mass is 506 g/mol. The van der Waals surface area contributed by atoms with Crippen molar-refractivity contribution in [3.05, 3.63) is 41.1 Å². The number of nitrogens with zero attached hydrogens (tertiary/aromatic N) is 6. The average molecular weight is 506 g/mol. The summed E-state index contributed by atoms with van der Waals surface area (Å²) in [7, 11) is 1.68. The number of carboxylic acid groups (broad SMARTS) is 1. The fourth-order valence-electron chi connectivity index (χ4n) is 4.80. The first-order valence-corrected chi connectivity index (χ1v) is 11.4. The molecule has 3 aliphatic heterocycles. The Kier molecular flexibility index (Phi) is 6.90. The van der Waals surface area contributed by atoms with Gasteiger partial charge in [0.15, 0.2) is 0 Å². The van der Waals surface area contributed by atoms with E-state index in [2.05, 4.69) is 20.8 Å². The number of rotatable bonds is 6. The van der Waals surface area contributed by atoms with E-state index in [0.29, 0.717) is 28.4 Å². The Bertz CT molecular complexity index is 1250. The minimum atomic E-state index is -1.42. The van der Waals surface area contributed by atoms with Gasteiger partial charge in [0.05, 0.1) is 17.7 Å². The molecule has 4 heterocycles. The van der Waals surface area contributed by atoms with Crippen molar-refractivity contribution in [1.82, 2.24) is 30.0 Å². The van der Waals surface area contributed by atoms with E-state index in [1.165, 1.54) is 38.4 Å². The molecular formula is C20H19N8NaO5S. The van der Waals surface area contributed by atoms with Crippen LogP contribution < -0.4 is 45.7 Å². The van der Waals surface area contributed by atoms with Gasteiger partial charge in [0.25, 0.3) is 5.91 Å². The molecule has 0 spiro atoms. The fourth-order valence-corrected chi connectivity index (χ4v) is 5.75. The number of likely N-dealkylation sites (tertiary alicyclic amines) is 1. The van der Waals surface area contributed by atoms with Gasteiger partial charge in [0.2, 0.25) is 11.1 Å². The van der Waals surface area contributed by atoms with Crippen molar-refractivity contribution in [3.63, 3.8) is 0 Å². The number of carbonyl (C=O) groups excluding carboxylic acids is 4. The molecule has 1 aromatic carbocycles. The second-order valence-corrected chi connectivity index (χ2v) is 9.08. The Morgan fingerprint density at radius 3 is 2.57 bits per heavy atom. The minimum Gasteiger partial charge on any atom is -0.543 e. The van der Waals surface area contributed by atoms with Crippen LogP contribution in [0.5, 0.6) is 0 Å². The van der Waals surface area contributed by atoms with Gasteiger partial charge >= 0.3 is 35.6 Å². The van der Waals surface area contributed by atoms with Crippen molar-refractivity contribution >= 4 is 41.3 Å². The number of nitrogens with one attached hydrogen (secondary N) is 1. The zero-order valence-corrected chi connectivity index (χ0v) is 21.7. The van der Waals surface area contributed by atoms with Crippen LogP contribution in [0.3, 0.4) is 0 Å². The van der Waals surface area contributed by atoms with Crippen molar-refractivity contribution in [1.29, 1.82) is 0 Å². The molecular weight excluding hydrogens is 487 g/mol. The molecule has 35 heavy (non-hydrogen) atoms. The van der Waals surface area contributed by atoms with Gasteiger partial charge in [-0.05, 0) is 46.7 Å². The standard InChI is InChI=1S/C20H20N8O5S.Na/c1-26-20(23-24-25-26)34-8-12-11-6-7-27(15-13(11)28(17(15)30)14(12)18(31)32)19(33)22-10-4-2-9(3-5-10)16(21)29;/h2-5,11,13,15H,6-8H2,1H3,(H2,21,29)(H,22,33)(H,31,32);/q;+1/p-1/t11?,13-,15+;/m1./s1. The van der Waals surface area contributed by atoms with Gasteiger partial charge in [-0.3, -0.25) is 9.59 Å². The first-order chi connectivity index (χ1) is 16.3. The number of aromatic nitrogens is 4. The van der Waals surface area contributed by atoms with Crippen LogP contribution >= 0.6 is 11.8 Å². The van der Waals surface area contributed by atoms with Crippen molar-refractivity contribution in [3.8, 4) is 0 Å². The fraction of sp³-hybridized carbons (Fsp3) is 0.350. The summed E-state index contributed by atoms with van der Waals surface area (Å²) in [4.78, 5) is 51.8. The molecule has 0 aliphatic carbocycles. The number of piperidine rings is 1. The summed E-state index contributed by atoms with van der Waals surface area (Å²) in [5, 5.41) is 26.4. The molecule has 0 radical (unpaired) electrons. The molecule has 1 unspecified atom stereocenters. The predicted octanol–water partition coefficient (Wildman–Crippen LogP) is -4.44. The summed E-state index contributed by atoms with van der Waals surface area (Å²) in [5.41, 5.74) is 6.45. The first kappa shape index (κ1) is 25.2. The van der Waals surface area contributed by atoms with Crippen molar-refractivity contribution < 1.29 is 53.8 Å². The largest absolute Gasteiger partial charge is 1.00 e. The number of nitrogens with two attached hydrogens (primary N) is 1. The smallest absolute Gasteiger partial charge is 0.543 e. The Labute approximate surface area is 225 Å². The van der Waals surface area contributed by atoms with Crippen LogP contribution in [-0.4, -0.2) is 78.2 Å². The quantitative estimate of drug-likeness (QED) is 0.222. The third-order valence-corrected chi connectivity index (χ3v) is 7.41. The van der Waals surface area contributed by atoms with Gasteiger partial charge in [-0.15, -0.1) is 5.10 Å². The molecule has 176 valence electrons. The Balaban J connectivity index is 0.00000289. The number of carboxylic acids is 1. The maximum atomic E-state index is 13.0. The van der Waals surface area contributed by atoms with Crippen molar-refractivity contribution in [2.45, 2.75) is 23.7 Å². The second-order valence-electron chi connectivity index (χ2n) is 8.14. The molecule has 2 saturated heterocycles. The number of hydrogen-bond acceptors (Lipinski definition) is 9. The first-order valence-electron chi connectivity index (χ1n) is 10.4. The third kappa shape index (κ3) is 4.20. The number of aliphatic carboxylic acids is 1. The molecule has 2 aromatic rings. The molecule has 3 atom stereocenters. The summed E-state index contributed by atoms with van der Waals surface area (Å²) in [6, 6.07) is 4.37. The van der Waals surface area contributed by atoms with Gasteiger partial charge < -0.3 is 30.8 Å². The number of benzene rings is 1. The summed E-state index contributed by atoms with van der Waals surface area (Å²) < 4.78 is 1.48. The summed E-state index contributed by atoms with van der Waals surface area (Å²) >= 11 is 1.28. The van der Waals surface area contributed by atoms with E-state index < -0.39 is 35.9 Å². The van der Waals surface area contributed by atoms with Crippen LogP contribution in [0, 0.1) is 5.92 Å². The van der Waals surface area contributed by atoms with Gasteiger partial charge in [-0.25, -0.2) is 9.48 Å². The van der Waals surface area contributed by atoms with E-state index in [4.69, 9.17) is 5.73 Å². The van der Waals surface area contributed by atoms with Crippen LogP contribution in [-0.2, 0) is 16.6 Å². The van der Waals surface area contributed by atoms with Gasteiger partial charge in [0.1, 0.15) is 6.04 Å². The van der Waals surface area contributed by atoms with E-state index in [-0.39, 0.29) is 53.5 Å². The molecule has 3 N–H and O–H groups in total. The molecule has 15 heteroatoms. The number of β-lactam (4-membered cyclic amide) rings is 1. The maximum Gasteiger partial charge on any atom is 1.00 e. The molecule has 13 nitrogen and oxygen atoms in total. The molecule has 3 aliphatic rings. The number of aryl methyl sites for hydroxylation is 1. The average Bonchev–Trinajstić information content (AvgIpc) is 3.36. The number of primary amides is 1. The molecule has 1 aromatic heterocycles. The Morgan fingerprint density at radius 1 is 1.26 bits per heavy atom. The predicted molar refractivity (Wildman–Crippen MR) is 115 cm³/mol. The van der Waals surface area contributed by atoms with Crippen molar-refractivity contribution in [2.24, 2.45) is 18.7 Å². The van der Waals surface area contributed by atoms with Gasteiger partial charge in [-0.2, -0.15) is 0 Å². The molecule has 5 rings (SSSR count). The normalized spacial score (nSPS) is 22.3. The van der Waals surface area contributed by atoms with E-state index in [1.54, 1.807) is 19.2 Å². The number of urea groups is 1. The summed E-state index contributed by atoms with van der Waals surface area (Å²) in [6.45, 7) is 0.274. The van der Waals surface area contributed by atoms with Crippen LogP contribution in [0.1, 0.15) is 16.8 Å². The second kappa shape index (κ2) is 9.60. The number of carbonyl (C=O) groups is 4. The third-order valence-electron chi connectivity index (χ3n) is 6.35.